The maximum atomic E-state index is 12.4. The van der Waals surface area contributed by atoms with Gasteiger partial charge in [-0.15, -0.1) is 0 Å². The van der Waals surface area contributed by atoms with Crippen molar-refractivity contribution in [2.45, 2.75) is 97.9 Å². The number of methoxy groups -OCH3 is 1. The molecule has 1 unspecified atom stereocenters. The van der Waals surface area contributed by atoms with Crippen LogP contribution in [0.4, 0.5) is 4.79 Å². The van der Waals surface area contributed by atoms with Crippen LogP contribution in [-0.4, -0.2) is 55.4 Å². The fourth-order valence-corrected chi connectivity index (χ4v) is 3.62. The molecular weight excluding hydrogens is 386 g/mol. The van der Waals surface area contributed by atoms with Crippen molar-refractivity contribution >= 4 is 18.0 Å². The van der Waals surface area contributed by atoms with E-state index in [0.717, 1.165) is 12.8 Å². The zero-order valence-corrected chi connectivity index (χ0v) is 19.9. The summed E-state index contributed by atoms with van der Waals surface area (Å²) in [7, 11) is 1.34. The molecule has 0 aliphatic carbocycles. The Morgan fingerprint density at radius 2 is 1.83 bits per heavy atom. The second kappa shape index (κ2) is 11.0. The van der Waals surface area contributed by atoms with E-state index >= 15 is 0 Å². The maximum absolute atomic E-state index is 12.4. The summed E-state index contributed by atoms with van der Waals surface area (Å²) in [6.45, 7) is 14.3. The molecule has 1 aliphatic heterocycles. The number of esters is 1. The molecule has 1 saturated heterocycles. The fourth-order valence-electron chi connectivity index (χ4n) is 3.62. The van der Waals surface area contributed by atoms with E-state index < -0.39 is 23.7 Å². The van der Waals surface area contributed by atoms with E-state index in [1.165, 1.54) is 7.11 Å². The van der Waals surface area contributed by atoms with Crippen LogP contribution in [-0.2, 0) is 19.1 Å². The first-order valence-corrected chi connectivity index (χ1v) is 10.8. The number of piperidine rings is 1. The quantitative estimate of drug-likeness (QED) is 0.515. The third-order valence-electron chi connectivity index (χ3n) is 5.01. The van der Waals surface area contributed by atoms with Crippen molar-refractivity contribution in [3.63, 3.8) is 0 Å². The molecule has 0 radical (unpaired) electrons. The van der Waals surface area contributed by atoms with Crippen LogP contribution in [0.3, 0.4) is 0 Å². The summed E-state index contributed by atoms with van der Waals surface area (Å²) >= 11 is 0. The van der Waals surface area contributed by atoms with Crippen LogP contribution in [0.25, 0.3) is 0 Å². The Balaban J connectivity index is 2.91. The highest BCUT2D eigenvalue weighted by Gasteiger charge is 2.33. The normalized spacial score (nSPS) is 20.5. The molecule has 1 heterocycles. The number of rotatable bonds is 8. The molecule has 0 aromatic rings. The van der Waals surface area contributed by atoms with Crippen LogP contribution in [0, 0.1) is 11.3 Å². The van der Waals surface area contributed by atoms with Crippen molar-refractivity contribution in [3.05, 3.63) is 0 Å². The molecule has 8 heteroatoms. The molecule has 174 valence electrons. The van der Waals surface area contributed by atoms with Gasteiger partial charge in [0.25, 0.3) is 0 Å². The van der Waals surface area contributed by atoms with Gasteiger partial charge >= 0.3 is 12.1 Å². The van der Waals surface area contributed by atoms with Gasteiger partial charge in [-0.1, -0.05) is 20.8 Å². The molecule has 1 rings (SSSR count). The molecule has 30 heavy (non-hydrogen) atoms. The average molecular weight is 428 g/mol. The molecule has 8 nitrogen and oxygen atoms in total. The topological polar surface area (TPSA) is 106 Å². The molecule has 3 N–H and O–H groups in total. The SMILES string of the molecule is COC(=O)[C@H](C[C@@H]1CCCNC1=O)NC(C)[C@H](CC(C)(C)C)NC(=O)OC(C)(C)C. The number of nitrogens with one attached hydrogen (secondary N) is 3. The molecule has 0 spiro atoms. The van der Waals surface area contributed by atoms with Gasteiger partial charge in [-0.05, 0) is 58.8 Å². The molecular formula is C22H41N3O5. The Morgan fingerprint density at radius 1 is 1.20 bits per heavy atom. The summed E-state index contributed by atoms with van der Waals surface area (Å²) in [5.74, 6) is -0.669. The highest BCUT2D eigenvalue weighted by Crippen LogP contribution is 2.24. The number of carbonyl (C=O) groups is 3. The van der Waals surface area contributed by atoms with Gasteiger partial charge in [-0.2, -0.15) is 0 Å². The van der Waals surface area contributed by atoms with E-state index in [1.54, 1.807) is 0 Å². The third kappa shape index (κ3) is 9.78. The Morgan fingerprint density at radius 3 is 2.33 bits per heavy atom. The van der Waals surface area contributed by atoms with Gasteiger partial charge in [-0.25, -0.2) is 4.79 Å². The first-order chi connectivity index (χ1) is 13.7. The Labute approximate surface area is 181 Å². The maximum Gasteiger partial charge on any atom is 0.407 e. The first-order valence-electron chi connectivity index (χ1n) is 10.8. The van der Waals surface area contributed by atoms with Crippen molar-refractivity contribution in [1.29, 1.82) is 0 Å². The van der Waals surface area contributed by atoms with Gasteiger partial charge in [0, 0.05) is 24.5 Å². The number of carbonyl (C=O) groups excluding carboxylic acids is 3. The Kier molecular flexibility index (Phi) is 9.59. The Hall–Kier alpha value is -1.83. The van der Waals surface area contributed by atoms with Crippen LogP contribution in [0.5, 0.6) is 0 Å². The lowest BCUT2D eigenvalue weighted by Gasteiger charge is -2.34. The molecule has 0 aromatic heterocycles. The molecule has 0 saturated carbocycles. The van der Waals surface area contributed by atoms with Crippen molar-refractivity contribution in [3.8, 4) is 0 Å². The minimum absolute atomic E-state index is 0.0253. The van der Waals surface area contributed by atoms with Crippen molar-refractivity contribution in [2.24, 2.45) is 11.3 Å². The molecule has 4 atom stereocenters. The molecule has 1 aliphatic rings. The molecule has 2 amide bonds. The summed E-state index contributed by atoms with van der Waals surface area (Å²) < 4.78 is 10.4. The lowest BCUT2D eigenvalue weighted by molar-refractivity contribution is -0.144. The van der Waals surface area contributed by atoms with Crippen molar-refractivity contribution < 1.29 is 23.9 Å². The Bertz CT molecular complexity index is 595. The van der Waals surface area contributed by atoms with Gasteiger partial charge in [-0.3, -0.25) is 14.9 Å². The summed E-state index contributed by atoms with van der Waals surface area (Å²) in [5.41, 5.74) is -0.657. The first kappa shape index (κ1) is 26.2. The zero-order valence-electron chi connectivity index (χ0n) is 19.9. The predicted molar refractivity (Wildman–Crippen MR) is 116 cm³/mol. The number of alkyl carbamates (subject to hydrolysis) is 1. The summed E-state index contributed by atoms with van der Waals surface area (Å²) in [5, 5.41) is 9.11. The largest absolute Gasteiger partial charge is 0.468 e. The van der Waals surface area contributed by atoms with Gasteiger partial charge in [0.2, 0.25) is 5.91 Å². The lowest BCUT2D eigenvalue weighted by Crippen LogP contribution is -2.55. The number of ether oxygens (including phenoxy) is 2. The van der Waals surface area contributed by atoms with E-state index in [0.29, 0.717) is 19.4 Å². The van der Waals surface area contributed by atoms with E-state index in [4.69, 9.17) is 9.47 Å². The molecule has 1 fully saturated rings. The highest BCUT2D eigenvalue weighted by molar-refractivity contribution is 5.81. The monoisotopic (exact) mass is 427 g/mol. The van der Waals surface area contributed by atoms with E-state index in [-0.39, 0.29) is 29.3 Å². The van der Waals surface area contributed by atoms with Crippen LogP contribution in [0.15, 0.2) is 0 Å². The van der Waals surface area contributed by atoms with Gasteiger partial charge < -0.3 is 20.1 Å². The predicted octanol–water partition coefficient (Wildman–Crippen LogP) is 2.75. The summed E-state index contributed by atoms with van der Waals surface area (Å²) in [6, 6.07) is -1.15. The standard InChI is InChI=1S/C22H41N3O5/c1-14(17(13-21(2,3)4)25-20(28)30-22(5,6)7)24-16(19(27)29-8)12-15-10-9-11-23-18(15)26/h14-17,24H,9-13H2,1-8H3,(H,23,26)(H,25,28)/t14?,15-,16-,17-/m0/s1. The average Bonchev–Trinajstić information content (AvgIpc) is 2.58. The highest BCUT2D eigenvalue weighted by atomic mass is 16.6. The summed E-state index contributed by atoms with van der Waals surface area (Å²) in [6.07, 6.45) is 2.19. The van der Waals surface area contributed by atoms with Gasteiger partial charge in [0.1, 0.15) is 11.6 Å². The van der Waals surface area contributed by atoms with Crippen LogP contribution in [0.1, 0.15) is 74.1 Å². The van der Waals surface area contributed by atoms with E-state index in [1.807, 2.05) is 27.7 Å². The van der Waals surface area contributed by atoms with Crippen molar-refractivity contribution in [2.75, 3.05) is 13.7 Å². The van der Waals surface area contributed by atoms with Gasteiger partial charge in [0.05, 0.1) is 7.11 Å². The number of hydrogen-bond acceptors (Lipinski definition) is 6. The third-order valence-corrected chi connectivity index (χ3v) is 5.01. The fraction of sp³-hybridized carbons (Fsp3) is 0.864. The minimum Gasteiger partial charge on any atom is -0.468 e. The van der Waals surface area contributed by atoms with E-state index in [9.17, 15) is 14.4 Å². The molecule has 0 bridgehead atoms. The minimum atomic E-state index is -0.637. The van der Waals surface area contributed by atoms with Crippen LogP contribution in [0.2, 0.25) is 0 Å². The molecule has 0 aromatic carbocycles. The second-order valence-corrected chi connectivity index (χ2v) is 10.4. The van der Waals surface area contributed by atoms with Crippen LogP contribution >= 0.6 is 0 Å². The second-order valence-electron chi connectivity index (χ2n) is 10.4. The smallest absolute Gasteiger partial charge is 0.407 e. The van der Waals surface area contributed by atoms with E-state index in [2.05, 4.69) is 36.7 Å². The lowest BCUT2D eigenvalue weighted by atomic mass is 9.85. The van der Waals surface area contributed by atoms with Crippen molar-refractivity contribution in [1.82, 2.24) is 16.0 Å². The summed E-state index contributed by atoms with van der Waals surface area (Å²) in [4.78, 5) is 37.0. The number of hydrogen-bond donors (Lipinski definition) is 3. The van der Waals surface area contributed by atoms with Crippen LogP contribution < -0.4 is 16.0 Å². The zero-order chi connectivity index (χ0) is 23.1. The number of amides is 2. The van der Waals surface area contributed by atoms with Gasteiger partial charge in [0.15, 0.2) is 0 Å².